The lowest BCUT2D eigenvalue weighted by Gasteiger charge is -2.25. The summed E-state index contributed by atoms with van der Waals surface area (Å²) in [5, 5.41) is 9.15. The molecular formula is C12H23NO3. The third-order valence-electron chi connectivity index (χ3n) is 3.65. The summed E-state index contributed by atoms with van der Waals surface area (Å²) in [6.45, 7) is 8.67. The van der Waals surface area contributed by atoms with Gasteiger partial charge in [-0.2, -0.15) is 0 Å². The van der Waals surface area contributed by atoms with Gasteiger partial charge in [0.15, 0.2) is 0 Å². The zero-order valence-electron chi connectivity index (χ0n) is 10.7. The van der Waals surface area contributed by atoms with E-state index >= 15 is 0 Å². The second-order valence-electron chi connectivity index (χ2n) is 5.33. The smallest absolute Gasteiger partial charge is 0.320 e. The molecule has 0 amide bonds. The maximum absolute atomic E-state index is 11.1. The molecule has 1 saturated heterocycles. The molecule has 4 heteroatoms. The van der Waals surface area contributed by atoms with Gasteiger partial charge in [0.1, 0.15) is 6.04 Å². The van der Waals surface area contributed by atoms with Crippen LogP contribution in [0.5, 0.6) is 0 Å². The summed E-state index contributed by atoms with van der Waals surface area (Å²) in [7, 11) is 1.70. The highest BCUT2D eigenvalue weighted by Gasteiger charge is 2.42. The lowest BCUT2D eigenvalue weighted by atomic mass is 9.83. The van der Waals surface area contributed by atoms with Crippen molar-refractivity contribution in [3.63, 3.8) is 0 Å². The third kappa shape index (κ3) is 2.74. The fourth-order valence-corrected chi connectivity index (χ4v) is 2.55. The molecule has 0 aromatic carbocycles. The number of nitrogens with zero attached hydrogens (tertiary/aromatic N) is 1. The van der Waals surface area contributed by atoms with Gasteiger partial charge in [-0.05, 0) is 11.8 Å². The van der Waals surface area contributed by atoms with Gasteiger partial charge in [0.2, 0.25) is 0 Å². The number of ether oxygens (including phenoxy) is 1. The Bertz CT molecular complexity index is 253. The molecule has 0 radical (unpaired) electrons. The molecule has 1 aliphatic rings. The summed E-state index contributed by atoms with van der Waals surface area (Å²) in [6.07, 6.45) is 0.658. The Morgan fingerprint density at radius 1 is 1.62 bits per heavy atom. The number of carboxylic acid groups (broad SMARTS) is 1. The second kappa shape index (κ2) is 5.15. The van der Waals surface area contributed by atoms with Crippen LogP contribution in [0, 0.1) is 11.3 Å². The fraction of sp³-hybridized carbons (Fsp3) is 0.917. The highest BCUT2D eigenvalue weighted by atomic mass is 16.5. The zero-order valence-corrected chi connectivity index (χ0v) is 10.7. The van der Waals surface area contributed by atoms with Gasteiger partial charge >= 0.3 is 5.97 Å². The Morgan fingerprint density at radius 2 is 2.25 bits per heavy atom. The van der Waals surface area contributed by atoms with Crippen molar-refractivity contribution in [3.8, 4) is 0 Å². The molecule has 94 valence electrons. The normalized spacial score (nSPS) is 26.9. The van der Waals surface area contributed by atoms with Crippen LogP contribution < -0.4 is 0 Å². The summed E-state index contributed by atoms with van der Waals surface area (Å²) >= 11 is 0. The molecule has 2 atom stereocenters. The van der Waals surface area contributed by atoms with Crippen molar-refractivity contribution >= 4 is 5.97 Å². The number of hydrogen-bond acceptors (Lipinski definition) is 3. The molecule has 0 unspecified atom stereocenters. The first-order chi connectivity index (χ1) is 7.42. The second-order valence-corrected chi connectivity index (χ2v) is 5.33. The van der Waals surface area contributed by atoms with Crippen molar-refractivity contribution in [2.45, 2.75) is 33.2 Å². The third-order valence-corrected chi connectivity index (χ3v) is 3.65. The van der Waals surface area contributed by atoms with Gasteiger partial charge in [-0.25, -0.2) is 0 Å². The average Bonchev–Trinajstić information content (AvgIpc) is 2.43. The predicted molar refractivity (Wildman–Crippen MR) is 62.4 cm³/mol. The summed E-state index contributed by atoms with van der Waals surface area (Å²) in [6, 6.07) is -0.346. The maximum Gasteiger partial charge on any atom is 0.320 e. The Balaban J connectivity index is 2.70. The van der Waals surface area contributed by atoms with E-state index in [1.54, 1.807) is 7.11 Å². The van der Waals surface area contributed by atoms with E-state index in [1.165, 1.54) is 0 Å². The molecule has 1 N–H and O–H groups in total. The molecular weight excluding hydrogens is 206 g/mol. The Hall–Kier alpha value is -0.610. The summed E-state index contributed by atoms with van der Waals surface area (Å²) in [5.74, 6) is -0.290. The van der Waals surface area contributed by atoms with Gasteiger partial charge in [-0.15, -0.1) is 0 Å². The van der Waals surface area contributed by atoms with Crippen LogP contribution in [0.4, 0.5) is 0 Å². The minimum Gasteiger partial charge on any atom is -0.480 e. The molecule has 0 bridgehead atoms. The maximum atomic E-state index is 11.1. The van der Waals surface area contributed by atoms with Crippen LogP contribution in [0.25, 0.3) is 0 Å². The predicted octanol–water partition coefficient (Wildman–Crippen LogP) is 1.45. The number of methoxy groups -OCH3 is 1. The molecule has 16 heavy (non-hydrogen) atoms. The molecule has 4 nitrogen and oxygen atoms in total. The Morgan fingerprint density at radius 3 is 2.69 bits per heavy atom. The van der Waals surface area contributed by atoms with Crippen molar-refractivity contribution in [2.75, 3.05) is 26.8 Å². The zero-order chi connectivity index (χ0) is 12.3. The molecule has 1 rings (SSSR count). The van der Waals surface area contributed by atoms with Crippen molar-refractivity contribution in [1.29, 1.82) is 0 Å². The largest absolute Gasteiger partial charge is 0.480 e. The molecule has 1 aliphatic heterocycles. The quantitative estimate of drug-likeness (QED) is 0.775. The van der Waals surface area contributed by atoms with Gasteiger partial charge in [-0.1, -0.05) is 20.8 Å². The standard InChI is InChI=1S/C12H23NO3/c1-5-10(11(14)15)13-6-9(7-16-4)12(2,3)8-13/h9-10H,5-8H2,1-4H3,(H,14,15)/t9-,10+/m0/s1. The number of aliphatic carboxylic acids is 1. The molecule has 0 saturated carbocycles. The number of rotatable bonds is 5. The van der Waals surface area contributed by atoms with Crippen LogP contribution in [0.1, 0.15) is 27.2 Å². The molecule has 0 aromatic heterocycles. The van der Waals surface area contributed by atoms with Crippen LogP contribution in [-0.4, -0.2) is 48.8 Å². The molecule has 0 spiro atoms. The van der Waals surface area contributed by atoms with E-state index in [9.17, 15) is 4.79 Å². The highest BCUT2D eigenvalue weighted by Crippen LogP contribution is 2.36. The Labute approximate surface area is 97.6 Å². The fourth-order valence-electron chi connectivity index (χ4n) is 2.55. The summed E-state index contributed by atoms with van der Waals surface area (Å²) in [5.41, 5.74) is 0.138. The van der Waals surface area contributed by atoms with Crippen molar-refractivity contribution < 1.29 is 14.6 Å². The number of likely N-dealkylation sites (tertiary alicyclic amines) is 1. The van der Waals surface area contributed by atoms with E-state index in [0.29, 0.717) is 18.9 Å². The lowest BCUT2D eigenvalue weighted by Crippen LogP contribution is -2.40. The first kappa shape index (κ1) is 13.5. The van der Waals surface area contributed by atoms with Crippen molar-refractivity contribution in [3.05, 3.63) is 0 Å². The Kier molecular flexibility index (Phi) is 4.33. The SMILES string of the molecule is CC[C@H](C(=O)O)N1C[C@@H](COC)C(C)(C)C1. The molecule has 1 fully saturated rings. The van der Waals surface area contributed by atoms with Gasteiger partial charge in [0.25, 0.3) is 0 Å². The summed E-state index contributed by atoms with van der Waals surface area (Å²) in [4.78, 5) is 13.2. The van der Waals surface area contributed by atoms with Crippen LogP contribution >= 0.6 is 0 Å². The van der Waals surface area contributed by atoms with E-state index in [-0.39, 0.29) is 11.5 Å². The van der Waals surface area contributed by atoms with Crippen LogP contribution in [-0.2, 0) is 9.53 Å². The van der Waals surface area contributed by atoms with Crippen LogP contribution in [0.3, 0.4) is 0 Å². The highest BCUT2D eigenvalue weighted by molar-refractivity contribution is 5.73. The van der Waals surface area contributed by atoms with Crippen LogP contribution in [0.2, 0.25) is 0 Å². The van der Waals surface area contributed by atoms with Gasteiger partial charge in [-0.3, -0.25) is 9.69 Å². The first-order valence-corrected chi connectivity index (χ1v) is 5.88. The topological polar surface area (TPSA) is 49.8 Å². The minimum atomic E-state index is -0.712. The van der Waals surface area contributed by atoms with Gasteiger partial charge in [0, 0.05) is 26.1 Å². The van der Waals surface area contributed by atoms with E-state index in [0.717, 1.165) is 13.1 Å². The monoisotopic (exact) mass is 229 g/mol. The average molecular weight is 229 g/mol. The van der Waals surface area contributed by atoms with Gasteiger partial charge < -0.3 is 9.84 Å². The minimum absolute atomic E-state index is 0.138. The van der Waals surface area contributed by atoms with Crippen molar-refractivity contribution in [2.24, 2.45) is 11.3 Å². The molecule has 0 aliphatic carbocycles. The van der Waals surface area contributed by atoms with E-state index in [4.69, 9.17) is 9.84 Å². The first-order valence-electron chi connectivity index (χ1n) is 5.88. The van der Waals surface area contributed by atoms with Gasteiger partial charge in [0.05, 0.1) is 6.61 Å². The molecule has 0 aromatic rings. The van der Waals surface area contributed by atoms with Crippen molar-refractivity contribution in [1.82, 2.24) is 4.90 Å². The van der Waals surface area contributed by atoms with E-state index in [2.05, 4.69) is 18.7 Å². The van der Waals surface area contributed by atoms with E-state index < -0.39 is 5.97 Å². The number of carbonyl (C=O) groups is 1. The lowest BCUT2D eigenvalue weighted by molar-refractivity contribution is -0.143. The van der Waals surface area contributed by atoms with E-state index in [1.807, 2.05) is 6.92 Å². The summed E-state index contributed by atoms with van der Waals surface area (Å²) < 4.78 is 5.21. The van der Waals surface area contributed by atoms with Crippen LogP contribution in [0.15, 0.2) is 0 Å². The number of carboxylic acids is 1. The number of hydrogen-bond donors (Lipinski definition) is 1. The molecule has 1 heterocycles.